The maximum Gasteiger partial charge on any atom is 0.264 e. The van der Waals surface area contributed by atoms with Crippen molar-refractivity contribution in [1.29, 1.82) is 0 Å². The fraction of sp³-hybridized carbons (Fsp3) is 0.0833. The van der Waals surface area contributed by atoms with Crippen LogP contribution in [-0.4, -0.2) is 11.1 Å². The zero-order chi connectivity index (χ0) is 23.5. The van der Waals surface area contributed by atoms with Crippen LogP contribution in [0.15, 0.2) is 73.4 Å². The van der Waals surface area contributed by atoms with Gasteiger partial charge < -0.3 is 10.1 Å². The number of hydrogen-bond acceptors (Lipinski definition) is 4. The van der Waals surface area contributed by atoms with E-state index >= 15 is 0 Å². The van der Waals surface area contributed by atoms with Crippen LogP contribution in [0.2, 0.25) is 10.0 Å². The summed E-state index contributed by atoms with van der Waals surface area (Å²) in [6, 6.07) is 16.9. The number of hydrogen-bond donors (Lipinski definition) is 1. The molecule has 1 N–H and O–H groups in total. The minimum absolute atomic E-state index is 0.184. The normalized spacial score (nSPS) is 15.8. The number of carbonyl (C=O) groups is 1. The molecule has 0 radical (unpaired) electrons. The number of aliphatic imine (C=N–C) groups is 1. The average molecular weight is 627 g/mol. The number of ether oxygens (including phenoxy) is 1. The van der Waals surface area contributed by atoms with Crippen molar-refractivity contribution in [2.24, 2.45) is 4.99 Å². The Labute approximate surface area is 222 Å². The predicted molar refractivity (Wildman–Crippen MR) is 145 cm³/mol. The van der Waals surface area contributed by atoms with Gasteiger partial charge in [-0.1, -0.05) is 47.0 Å². The molecule has 1 aliphatic rings. The molecule has 1 fully saturated rings. The summed E-state index contributed by atoms with van der Waals surface area (Å²) in [5.74, 6) is 0.448. The van der Waals surface area contributed by atoms with Crippen molar-refractivity contribution < 1.29 is 9.53 Å². The Balaban J connectivity index is 1.50. The van der Waals surface area contributed by atoms with Gasteiger partial charge in [-0.3, -0.25) is 4.79 Å². The molecule has 0 atom stereocenters. The van der Waals surface area contributed by atoms with Gasteiger partial charge in [-0.2, -0.15) is 0 Å². The third-order valence-electron chi connectivity index (χ3n) is 4.62. The van der Waals surface area contributed by atoms with Crippen molar-refractivity contribution in [1.82, 2.24) is 5.32 Å². The Morgan fingerprint density at radius 2 is 1.76 bits per heavy atom. The van der Waals surface area contributed by atoms with Gasteiger partial charge in [0.2, 0.25) is 0 Å². The molecule has 0 saturated carbocycles. The molecule has 0 aliphatic carbocycles. The van der Waals surface area contributed by atoms with E-state index in [1.54, 1.807) is 12.1 Å². The van der Waals surface area contributed by atoms with Gasteiger partial charge in [0.15, 0.2) is 5.17 Å². The fourth-order valence-corrected chi connectivity index (χ4v) is 5.71. The molecule has 0 bridgehead atoms. The first-order valence-electron chi connectivity index (χ1n) is 9.70. The third-order valence-corrected chi connectivity index (χ3v) is 7.30. The quantitative estimate of drug-likeness (QED) is 0.290. The SMILES string of the molecule is Cc1ccc(N=C2NC(=O)/C(=C\c3cc(Br)c(OCc4ccc(Cl)cc4Cl)c(Br)c3)S2)cc1. The number of rotatable bonds is 5. The number of nitrogens with one attached hydrogen (secondary N) is 1. The molecule has 1 saturated heterocycles. The van der Waals surface area contributed by atoms with E-state index in [-0.39, 0.29) is 12.5 Å². The van der Waals surface area contributed by atoms with Crippen molar-refractivity contribution in [3.05, 3.63) is 95.2 Å². The van der Waals surface area contributed by atoms with Crippen LogP contribution < -0.4 is 10.1 Å². The lowest BCUT2D eigenvalue weighted by molar-refractivity contribution is -0.115. The van der Waals surface area contributed by atoms with Gasteiger partial charge in [0.1, 0.15) is 12.4 Å². The van der Waals surface area contributed by atoms with Crippen LogP contribution in [0.3, 0.4) is 0 Å². The molecular weight excluding hydrogens is 611 g/mol. The highest BCUT2D eigenvalue weighted by molar-refractivity contribution is 9.11. The lowest BCUT2D eigenvalue weighted by Crippen LogP contribution is -2.19. The molecule has 1 aliphatic heterocycles. The second-order valence-corrected chi connectivity index (χ2v) is 10.7. The van der Waals surface area contributed by atoms with E-state index in [4.69, 9.17) is 27.9 Å². The van der Waals surface area contributed by atoms with Gasteiger partial charge in [-0.05, 0) is 98.6 Å². The maximum atomic E-state index is 12.4. The van der Waals surface area contributed by atoms with Crippen LogP contribution in [0.4, 0.5) is 5.69 Å². The van der Waals surface area contributed by atoms with Crippen LogP contribution in [0.25, 0.3) is 6.08 Å². The number of amides is 1. The van der Waals surface area contributed by atoms with Gasteiger partial charge >= 0.3 is 0 Å². The van der Waals surface area contributed by atoms with E-state index < -0.39 is 0 Å². The summed E-state index contributed by atoms with van der Waals surface area (Å²) in [6.07, 6.45) is 1.81. The molecular formula is C24H16Br2Cl2N2O2S. The molecule has 3 aromatic carbocycles. The summed E-state index contributed by atoms with van der Waals surface area (Å²) in [4.78, 5) is 17.5. The Hall–Kier alpha value is -1.77. The summed E-state index contributed by atoms with van der Waals surface area (Å²) < 4.78 is 7.45. The first-order valence-corrected chi connectivity index (χ1v) is 12.9. The van der Waals surface area contributed by atoms with Crippen molar-refractivity contribution >= 4 is 89.7 Å². The summed E-state index contributed by atoms with van der Waals surface area (Å²) >= 11 is 20.6. The topological polar surface area (TPSA) is 50.7 Å². The number of nitrogens with zero attached hydrogens (tertiary/aromatic N) is 1. The van der Waals surface area contributed by atoms with E-state index in [9.17, 15) is 4.79 Å². The van der Waals surface area contributed by atoms with Gasteiger partial charge in [0.05, 0.1) is 19.5 Å². The van der Waals surface area contributed by atoms with Crippen molar-refractivity contribution in [2.45, 2.75) is 13.5 Å². The summed E-state index contributed by atoms with van der Waals surface area (Å²) in [7, 11) is 0. The van der Waals surface area contributed by atoms with Crippen LogP contribution in [-0.2, 0) is 11.4 Å². The standard InChI is InChI=1S/C24H16Br2Cl2N2O2S/c1-13-2-6-17(7-3-13)29-24-30-23(31)21(33-24)10-14-8-18(25)22(19(26)9-14)32-12-15-4-5-16(27)11-20(15)28/h2-11H,12H2,1H3,(H,29,30,31)/b21-10+. The molecule has 33 heavy (non-hydrogen) atoms. The number of carbonyl (C=O) groups excluding carboxylic acids is 1. The van der Waals surface area contributed by atoms with Crippen molar-refractivity contribution in [2.75, 3.05) is 0 Å². The number of thioether (sulfide) groups is 1. The van der Waals surface area contributed by atoms with Crippen LogP contribution in [0.1, 0.15) is 16.7 Å². The minimum atomic E-state index is -0.184. The van der Waals surface area contributed by atoms with E-state index in [2.05, 4.69) is 42.2 Å². The molecule has 1 heterocycles. The number of amidine groups is 1. The van der Waals surface area contributed by atoms with Crippen LogP contribution in [0.5, 0.6) is 5.75 Å². The zero-order valence-corrected chi connectivity index (χ0v) is 22.7. The Morgan fingerprint density at radius 1 is 1.06 bits per heavy atom. The number of benzene rings is 3. The first kappa shape index (κ1) is 24.4. The van der Waals surface area contributed by atoms with E-state index in [1.165, 1.54) is 11.8 Å². The largest absolute Gasteiger partial charge is 0.486 e. The second kappa shape index (κ2) is 10.7. The predicted octanol–water partition coefficient (Wildman–Crippen LogP) is 8.30. The molecule has 4 rings (SSSR count). The smallest absolute Gasteiger partial charge is 0.264 e. The summed E-state index contributed by atoms with van der Waals surface area (Å²) in [6.45, 7) is 2.30. The van der Waals surface area contributed by atoms with E-state index in [1.807, 2.05) is 55.5 Å². The summed E-state index contributed by atoms with van der Waals surface area (Å²) in [5, 5.41) is 4.48. The van der Waals surface area contributed by atoms with Gasteiger partial charge in [-0.15, -0.1) is 0 Å². The monoisotopic (exact) mass is 624 g/mol. The number of aryl methyl sites for hydroxylation is 1. The van der Waals surface area contributed by atoms with E-state index in [0.717, 1.165) is 31.3 Å². The highest BCUT2D eigenvalue weighted by Gasteiger charge is 2.24. The lowest BCUT2D eigenvalue weighted by atomic mass is 10.2. The Bertz CT molecular complexity index is 1270. The van der Waals surface area contributed by atoms with Crippen molar-refractivity contribution in [3.8, 4) is 5.75 Å². The molecule has 3 aromatic rings. The fourth-order valence-electron chi connectivity index (χ4n) is 2.96. The molecule has 9 heteroatoms. The molecule has 0 unspecified atom stereocenters. The Morgan fingerprint density at radius 3 is 2.42 bits per heavy atom. The lowest BCUT2D eigenvalue weighted by Gasteiger charge is -2.12. The molecule has 0 aromatic heterocycles. The first-order chi connectivity index (χ1) is 15.8. The van der Waals surface area contributed by atoms with Crippen LogP contribution in [0, 0.1) is 6.92 Å². The van der Waals surface area contributed by atoms with Gasteiger partial charge in [0, 0.05) is 15.6 Å². The zero-order valence-electron chi connectivity index (χ0n) is 17.2. The highest BCUT2D eigenvalue weighted by atomic mass is 79.9. The molecule has 0 spiro atoms. The molecule has 4 nitrogen and oxygen atoms in total. The van der Waals surface area contributed by atoms with E-state index in [0.29, 0.717) is 25.9 Å². The molecule has 1 amide bonds. The molecule has 168 valence electrons. The van der Waals surface area contributed by atoms with Crippen molar-refractivity contribution in [3.63, 3.8) is 0 Å². The average Bonchev–Trinajstić information content (AvgIpc) is 3.09. The minimum Gasteiger partial charge on any atom is -0.486 e. The van der Waals surface area contributed by atoms with Gasteiger partial charge in [-0.25, -0.2) is 4.99 Å². The summed E-state index contributed by atoms with van der Waals surface area (Å²) in [5.41, 5.74) is 3.60. The number of halogens is 4. The maximum absolute atomic E-state index is 12.4. The van der Waals surface area contributed by atoms with Crippen LogP contribution >= 0.6 is 66.8 Å². The highest BCUT2D eigenvalue weighted by Crippen LogP contribution is 2.37. The Kier molecular flexibility index (Phi) is 7.87. The van der Waals surface area contributed by atoms with Gasteiger partial charge in [0.25, 0.3) is 5.91 Å². The third kappa shape index (κ3) is 6.22. The second-order valence-electron chi connectivity index (χ2n) is 7.16.